The molecule has 0 atom stereocenters. The van der Waals surface area contributed by atoms with Gasteiger partial charge in [0.25, 0.3) is 0 Å². The van der Waals surface area contributed by atoms with Gasteiger partial charge in [0.1, 0.15) is 0 Å². The molecular weight excluding hydrogens is 639 g/mol. The average molecular weight is 669 g/mol. The number of nitrogens with zero attached hydrogens (tertiary/aromatic N) is 3. The van der Waals surface area contributed by atoms with Crippen LogP contribution in [-0.4, -0.2) is 19.5 Å². The first-order chi connectivity index (χ1) is 24.2. The van der Waals surface area contributed by atoms with E-state index in [-0.39, 0.29) is 0 Å². The predicted octanol–water partition coefficient (Wildman–Crippen LogP) is 10.0. The van der Waals surface area contributed by atoms with Gasteiger partial charge >= 0.3 is 294 Å². The zero-order chi connectivity index (χ0) is 32.7. The van der Waals surface area contributed by atoms with E-state index in [9.17, 15) is 0 Å². The molecular formula is C44H29MnN4. The summed E-state index contributed by atoms with van der Waals surface area (Å²) in [5.41, 5.74) is 15.0. The van der Waals surface area contributed by atoms with Gasteiger partial charge in [-0.1, -0.05) is 0 Å². The topological polar surface area (TPSA) is 46.5 Å². The van der Waals surface area contributed by atoms with E-state index in [0.717, 1.165) is 88.4 Å². The van der Waals surface area contributed by atoms with Crippen molar-refractivity contribution < 1.29 is 16.0 Å². The summed E-state index contributed by atoms with van der Waals surface area (Å²) >= 11 is 4.16. The average Bonchev–Trinajstić information content (AvgIpc) is 3.94. The Bertz CT molecular complexity index is 2580. The van der Waals surface area contributed by atoms with Gasteiger partial charge in [0.2, 0.25) is 0 Å². The van der Waals surface area contributed by atoms with Crippen molar-refractivity contribution >= 4 is 50.3 Å². The third-order valence-electron chi connectivity index (χ3n) is 8.94. The molecule has 3 aromatic heterocycles. The van der Waals surface area contributed by atoms with E-state index >= 15 is 0 Å². The van der Waals surface area contributed by atoms with Crippen molar-refractivity contribution in [2.75, 3.05) is 0 Å². The van der Waals surface area contributed by atoms with Crippen molar-refractivity contribution in [1.82, 2.24) is 19.5 Å². The minimum atomic E-state index is 0.873. The summed E-state index contributed by atoms with van der Waals surface area (Å²) in [5, 5.41) is 0. The molecule has 0 spiro atoms. The number of aromatic nitrogens is 4. The Morgan fingerprint density at radius 1 is 0.510 bits per heavy atom. The maximum absolute atomic E-state index is 5.48. The summed E-state index contributed by atoms with van der Waals surface area (Å²) in [6.45, 7) is 0. The molecule has 5 heterocycles. The van der Waals surface area contributed by atoms with Crippen LogP contribution in [0, 0.1) is 0 Å². The molecule has 0 fully saturated rings. The molecule has 1 N–H and O–H groups in total. The van der Waals surface area contributed by atoms with Gasteiger partial charge in [0.05, 0.1) is 0 Å². The first-order valence-electron chi connectivity index (χ1n) is 16.3. The number of para-hydroxylation sites is 1. The quantitative estimate of drug-likeness (QED) is 0.190. The molecule has 232 valence electrons. The van der Waals surface area contributed by atoms with E-state index in [4.69, 9.17) is 9.97 Å². The van der Waals surface area contributed by atoms with Crippen LogP contribution in [0.15, 0.2) is 152 Å². The van der Waals surface area contributed by atoms with E-state index in [1.165, 1.54) is 0 Å². The second-order valence-electron chi connectivity index (χ2n) is 12.1. The number of fused-ring (bicyclic) bond motifs is 8. The molecule has 7 aromatic rings. The summed E-state index contributed by atoms with van der Waals surface area (Å²) in [7, 11) is 0. The number of rotatable bonds is 4. The van der Waals surface area contributed by atoms with Crippen LogP contribution >= 0.6 is 0 Å². The molecule has 0 saturated carbocycles. The van der Waals surface area contributed by atoms with Crippen LogP contribution in [0.1, 0.15) is 28.3 Å². The Morgan fingerprint density at radius 2 is 1.04 bits per heavy atom. The third kappa shape index (κ3) is 5.36. The van der Waals surface area contributed by atoms with Crippen molar-refractivity contribution in [2.24, 2.45) is 0 Å². The first-order valence-corrected chi connectivity index (χ1v) is 16.9. The Hall–Kier alpha value is -6.00. The van der Waals surface area contributed by atoms with Gasteiger partial charge < -0.3 is 0 Å². The van der Waals surface area contributed by atoms with Crippen LogP contribution < -0.4 is 4.46 Å². The second kappa shape index (κ2) is 12.2. The zero-order valence-corrected chi connectivity index (χ0v) is 27.6. The van der Waals surface area contributed by atoms with Gasteiger partial charge in [0.15, 0.2) is 0 Å². The zero-order valence-electron chi connectivity index (χ0n) is 26.4. The van der Waals surface area contributed by atoms with Crippen molar-refractivity contribution in [3.8, 4) is 27.9 Å². The molecule has 0 saturated heterocycles. The summed E-state index contributed by atoms with van der Waals surface area (Å²) < 4.78 is 3.35. The van der Waals surface area contributed by atoms with Crippen molar-refractivity contribution in [2.45, 2.75) is 0 Å². The fourth-order valence-electron chi connectivity index (χ4n) is 6.78. The fourth-order valence-corrected chi connectivity index (χ4v) is 7.31. The van der Waals surface area contributed by atoms with Crippen LogP contribution in [0.5, 0.6) is 0 Å². The number of nitrogens with one attached hydrogen (secondary N) is 1. The number of hydrogen-bond donors (Lipinski definition) is 1. The maximum atomic E-state index is 5.48. The molecule has 0 radical (unpaired) electrons. The molecule has 49 heavy (non-hydrogen) atoms. The van der Waals surface area contributed by atoms with Crippen LogP contribution in [0.25, 0.3) is 73.8 Å². The molecule has 0 amide bonds. The standard InChI is InChI=1S/C44H29N4.Mn/c1-5-13-30(14-6-1)40-28-37-26-35-22-21-33(45-35)25-34-23-24-36(46-34)27-39-29-41(31-15-7-2-8-16-31)44(48(39)38-19-11-4-12-20-38)42(43(40)47-37)32-17-9-3-10-18-32;/h1-28,45H;. The second-order valence-corrected chi connectivity index (χ2v) is 12.7. The summed E-state index contributed by atoms with van der Waals surface area (Å²) in [5.74, 6) is 0. The number of benzene rings is 4. The van der Waals surface area contributed by atoms with Crippen LogP contribution in [-0.2, 0) is 16.0 Å². The van der Waals surface area contributed by atoms with Crippen molar-refractivity contribution in [1.29, 1.82) is 0 Å². The third-order valence-corrected chi connectivity index (χ3v) is 9.53. The van der Waals surface area contributed by atoms with Crippen molar-refractivity contribution in [3.63, 3.8) is 0 Å². The summed E-state index contributed by atoms with van der Waals surface area (Å²) in [6, 6.07) is 53.0. The molecule has 4 aromatic carbocycles. The van der Waals surface area contributed by atoms with E-state index in [1.54, 1.807) is 0 Å². The van der Waals surface area contributed by atoms with Crippen molar-refractivity contribution in [3.05, 3.63) is 180 Å². The normalized spacial score (nSPS) is 12.2. The number of aromatic amines is 1. The van der Waals surface area contributed by atoms with Gasteiger partial charge in [-0.15, -0.1) is 0 Å². The summed E-state index contributed by atoms with van der Waals surface area (Å²) in [4.78, 5) is 14.1. The first kappa shape index (κ1) is 29.2. The van der Waals surface area contributed by atoms with Gasteiger partial charge in [-0.05, 0) is 0 Å². The number of H-pyrrole nitrogens is 1. The molecule has 8 bridgehead atoms. The SMILES string of the molecule is [Mn][c]1c(-c2ccccc2)c2c(-c3ccccc3)c3nc(cc4ccc(cc5nc(cc1n2-c1ccccc1)C=C5)[nH]4)C=C3c1ccccc1. The minimum absolute atomic E-state index is 0.873. The fraction of sp³-hybridized carbons (Fsp3) is 0. The Morgan fingerprint density at radius 3 is 1.67 bits per heavy atom. The number of hydrogen-bond acceptors (Lipinski definition) is 2. The monoisotopic (exact) mass is 668 g/mol. The molecule has 2 aliphatic rings. The van der Waals surface area contributed by atoms with Gasteiger partial charge in [-0.3, -0.25) is 0 Å². The van der Waals surface area contributed by atoms with Crippen LogP contribution in [0.4, 0.5) is 0 Å². The molecule has 0 aliphatic carbocycles. The molecule has 0 unspecified atom stereocenters. The Balaban J connectivity index is 1.58. The predicted molar refractivity (Wildman–Crippen MR) is 199 cm³/mol. The molecule has 2 aliphatic heterocycles. The van der Waals surface area contributed by atoms with Crippen LogP contribution in [0.3, 0.4) is 0 Å². The van der Waals surface area contributed by atoms with Crippen LogP contribution in [0.2, 0.25) is 0 Å². The van der Waals surface area contributed by atoms with E-state index in [2.05, 4.69) is 195 Å². The Labute approximate surface area is 292 Å². The van der Waals surface area contributed by atoms with E-state index in [1.807, 2.05) is 0 Å². The van der Waals surface area contributed by atoms with Gasteiger partial charge in [-0.25, -0.2) is 0 Å². The van der Waals surface area contributed by atoms with Gasteiger partial charge in [0, 0.05) is 0 Å². The molecule has 4 nitrogen and oxygen atoms in total. The summed E-state index contributed by atoms with van der Waals surface area (Å²) in [6.07, 6.45) is 6.35. The van der Waals surface area contributed by atoms with Gasteiger partial charge in [-0.2, -0.15) is 0 Å². The van der Waals surface area contributed by atoms with E-state index in [0.29, 0.717) is 0 Å². The Kier molecular flexibility index (Phi) is 7.27. The van der Waals surface area contributed by atoms with E-state index < -0.39 is 0 Å². The molecule has 9 rings (SSSR count). The molecule has 5 heteroatoms.